The Bertz CT molecular complexity index is 1140. The van der Waals surface area contributed by atoms with E-state index in [-0.39, 0.29) is 17.7 Å². The molecule has 6 nitrogen and oxygen atoms in total. The fourth-order valence-corrected chi connectivity index (χ4v) is 6.61. The maximum Gasteiger partial charge on any atom is 0.259 e. The standard InChI is InChI=1S/C31H40ClN3O3/c1-33(2)29(36)27-11-10-26(21-28(27)32)34-16-12-22(13-17-34)20-23-14-18-35(19-15-23)30(37)31(38,25-8-9-25)24-6-4-3-5-7-24/h3-7,10-11,21-23,25,38H,8-9,12-20H2,1-2H3/t31-/m0/s1. The summed E-state index contributed by atoms with van der Waals surface area (Å²) in [6.07, 6.45) is 7.35. The van der Waals surface area contributed by atoms with Gasteiger partial charge in [0, 0.05) is 51.9 Å². The van der Waals surface area contributed by atoms with Crippen LogP contribution in [0.4, 0.5) is 5.69 Å². The lowest BCUT2D eigenvalue weighted by molar-refractivity contribution is -0.156. The number of nitrogens with zero attached hydrogens (tertiary/aromatic N) is 3. The number of hydrogen-bond acceptors (Lipinski definition) is 4. The van der Waals surface area contributed by atoms with Crippen molar-refractivity contribution in [1.29, 1.82) is 0 Å². The van der Waals surface area contributed by atoms with Crippen molar-refractivity contribution in [3.8, 4) is 0 Å². The summed E-state index contributed by atoms with van der Waals surface area (Å²) in [5.41, 5.74) is 0.986. The molecule has 2 aliphatic heterocycles. The predicted octanol–water partition coefficient (Wildman–Crippen LogP) is 5.18. The quantitative estimate of drug-likeness (QED) is 0.528. The zero-order valence-electron chi connectivity index (χ0n) is 22.6. The molecule has 3 fully saturated rings. The zero-order valence-corrected chi connectivity index (χ0v) is 23.4. The van der Waals surface area contributed by atoms with Gasteiger partial charge in [-0.05, 0) is 80.5 Å². The molecule has 1 aliphatic carbocycles. The van der Waals surface area contributed by atoms with Crippen molar-refractivity contribution in [2.45, 2.75) is 50.5 Å². The summed E-state index contributed by atoms with van der Waals surface area (Å²) in [5.74, 6) is 1.18. The van der Waals surface area contributed by atoms with E-state index in [4.69, 9.17) is 11.6 Å². The van der Waals surface area contributed by atoms with Gasteiger partial charge in [-0.25, -0.2) is 0 Å². The smallest absolute Gasteiger partial charge is 0.259 e. The molecule has 2 aromatic rings. The Morgan fingerprint density at radius 2 is 1.53 bits per heavy atom. The van der Waals surface area contributed by atoms with E-state index in [1.807, 2.05) is 53.4 Å². The first-order chi connectivity index (χ1) is 18.3. The van der Waals surface area contributed by atoms with Crippen LogP contribution in [0.15, 0.2) is 48.5 Å². The van der Waals surface area contributed by atoms with Crippen LogP contribution >= 0.6 is 11.6 Å². The van der Waals surface area contributed by atoms with E-state index in [0.717, 1.165) is 76.0 Å². The first-order valence-corrected chi connectivity index (χ1v) is 14.5. The lowest BCUT2D eigenvalue weighted by Gasteiger charge is -2.40. The maximum absolute atomic E-state index is 13.5. The van der Waals surface area contributed by atoms with Crippen molar-refractivity contribution in [2.24, 2.45) is 17.8 Å². The number of carbonyl (C=O) groups is 2. The minimum absolute atomic E-state index is 0.0415. The lowest BCUT2D eigenvalue weighted by atomic mass is 9.81. The normalized spacial score (nSPS) is 20.7. The predicted molar refractivity (Wildman–Crippen MR) is 151 cm³/mol. The van der Waals surface area contributed by atoms with Crippen LogP contribution in [0.1, 0.15) is 60.9 Å². The monoisotopic (exact) mass is 537 g/mol. The van der Waals surface area contributed by atoms with Gasteiger partial charge in [0.1, 0.15) is 0 Å². The highest BCUT2D eigenvalue weighted by atomic mass is 35.5. The van der Waals surface area contributed by atoms with Crippen molar-refractivity contribution < 1.29 is 14.7 Å². The van der Waals surface area contributed by atoms with Crippen molar-refractivity contribution in [3.63, 3.8) is 0 Å². The maximum atomic E-state index is 13.5. The molecule has 204 valence electrons. The average Bonchev–Trinajstić information content (AvgIpc) is 3.79. The molecule has 1 N–H and O–H groups in total. The van der Waals surface area contributed by atoms with Crippen molar-refractivity contribution in [2.75, 3.05) is 45.2 Å². The molecule has 3 aliphatic rings. The van der Waals surface area contributed by atoms with Crippen LogP contribution in [0.2, 0.25) is 5.02 Å². The van der Waals surface area contributed by atoms with Crippen molar-refractivity contribution in [1.82, 2.24) is 9.80 Å². The zero-order chi connectivity index (χ0) is 26.9. The number of halogens is 1. The van der Waals surface area contributed by atoms with E-state index in [9.17, 15) is 14.7 Å². The summed E-state index contributed by atoms with van der Waals surface area (Å²) in [6.45, 7) is 3.46. The van der Waals surface area contributed by atoms with Gasteiger partial charge in [0.25, 0.3) is 11.8 Å². The summed E-state index contributed by atoms with van der Waals surface area (Å²) < 4.78 is 0. The van der Waals surface area contributed by atoms with E-state index >= 15 is 0 Å². The van der Waals surface area contributed by atoms with Crippen LogP contribution in [0.25, 0.3) is 0 Å². The molecule has 2 heterocycles. The Hall–Kier alpha value is -2.57. The van der Waals surface area contributed by atoms with Gasteiger partial charge < -0.3 is 19.8 Å². The fourth-order valence-electron chi connectivity index (χ4n) is 6.35. The van der Waals surface area contributed by atoms with Crippen LogP contribution in [0.3, 0.4) is 0 Å². The summed E-state index contributed by atoms with van der Waals surface area (Å²) in [6, 6.07) is 15.3. The highest BCUT2D eigenvalue weighted by molar-refractivity contribution is 6.34. The van der Waals surface area contributed by atoms with Gasteiger partial charge in [-0.2, -0.15) is 0 Å². The van der Waals surface area contributed by atoms with Crippen LogP contribution in [-0.4, -0.2) is 67.0 Å². The van der Waals surface area contributed by atoms with Gasteiger partial charge in [0.2, 0.25) is 0 Å². The molecule has 1 saturated carbocycles. The lowest BCUT2D eigenvalue weighted by Crippen LogP contribution is -2.51. The van der Waals surface area contributed by atoms with Crippen LogP contribution in [0, 0.1) is 17.8 Å². The molecule has 5 rings (SSSR count). The first-order valence-electron chi connectivity index (χ1n) is 14.1. The number of piperidine rings is 2. The van der Waals surface area contributed by atoms with E-state index in [1.165, 1.54) is 6.42 Å². The van der Waals surface area contributed by atoms with Gasteiger partial charge in [-0.3, -0.25) is 9.59 Å². The molecule has 0 spiro atoms. The molecule has 0 radical (unpaired) electrons. The number of aliphatic hydroxyl groups is 1. The number of likely N-dealkylation sites (tertiary alicyclic amines) is 1. The second kappa shape index (κ2) is 11.3. The molecule has 2 saturated heterocycles. The third-order valence-electron chi connectivity index (χ3n) is 8.85. The molecule has 0 aromatic heterocycles. The number of benzene rings is 2. The minimum atomic E-state index is -1.37. The Morgan fingerprint density at radius 1 is 0.921 bits per heavy atom. The van der Waals surface area contributed by atoms with Crippen LogP contribution in [0.5, 0.6) is 0 Å². The number of amides is 2. The van der Waals surface area contributed by atoms with Crippen molar-refractivity contribution in [3.05, 3.63) is 64.7 Å². The Kier molecular flexibility index (Phi) is 8.01. The third kappa shape index (κ3) is 5.57. The highest BCUT2D eigenvalue weighted by Crippen LogP contribution is 2.47. The van der Waals surface area contributed by atoms with E-state index in [2.05, 4.69) is 4.90 Å². The van der Waals surface area contributed by atoms with Gasteiger partial charge in [-0.1, -0.05) is 41.9 Å². The number of rotatable bonds is 7. The van der Waals surface area contributed by atoms with Crippen LogP contribution < -0.4 is 4.90 Å². The molecule has 0 bridgehead atoms. The number of carbonyl (C=O) groups excluding carboxylic acids is 2. The summed E-state index contributed by atoms with van der Waals surface area (Å²) >= 11 is 6.44. The highest BCUT2D eigenvalue weighted by Gasteiger charge is 2.52. The van der Waals surface area contributed by atoms with Gasteiger partial charge in [-0.15, -0.1) is 0 Å². The minimum Gasteiger partial charge on any atom is -0.375 e. The van der Waals surface area contributed by atoms with Gasteiger partial charge in [0.15, 0.2) is 5.60 Å². The molecule has 2 aromatic carbocycles. The number of anilines is 1. The fraction of sp³-hybridized carbons (Fsp3) is 0.548. The van der Waals surface area contributed by atoms with E-state index in [0.29, 0.717) is 22.4 Å². The molecule has 38 heavy (non-hydrogen) atoms. The van der Waals surface area contributed by atoms with E-state index < -0.39 is 5.60 Å². The second-order valence-corrected chi connectivity index (χ2v) is 12.1. The number of hydrogen-bond donors (Lipinski definition) is 1. The van der Waals surface area contributed by atoms with Crippen LogP contribution in [-0.2, 0) is 10.4 Å². The summed E-state index contributed by atoms with van der Waals surface area (Å²) in [7, 11) is 3.47. The largest absolute Gasteiger partial charge is 0.375 e. The molecule has 0 unspecified atom stereocenters. The van der Waals surface area contributed by atoms with Gasteiger partial charge >= 0.3 is 0 Å². The summed E-state index contributed by atoms with van der Waals surface area (Å²) in [4.78, 5) is 31.6. The molecule has 2 amide bonds. The SMILES string of the molecule is CN(C)C(=O)c1ccc(N2CCC(CC3CCN(C(=O)[C@](O)(c4ccccc4)C4CC4)CC3)CC2)cc1Cl. The first kappa shape index (κ1) is 27.0. The second-order valence-electron chi connectivity index (χ2n) is 11.7. The Labute approximate surface area is 231 Å². The Balaban J connectivity index is 1.11. The molecule has 1 atom stereocenters. The topological polar surface area (TPSA) is 64.1 Å². The summed E-state index contributed by atoms with van der Waals surface area (Å²) in [5, 5.41) is 12.1. The molecular formula is C31H40ClN3O3. The van der Waals surface area contributed by atoms with Crippen molar-refractivity contribution >= 4 is 29.1 Å². The van der Waals surface area contributed by atoms with Gasteiger partial charge in [0.05, 0.1) is 10.6 Å². The average molecular weight is 538 g/mol. The molecular weight excluding hydrogens is 498 g/mol. The Morgan fingerprint density at radius 3 is 2.08 bits per heavy atom. The molecule has 7 heteroatoms. The van der Waals surface area contributed by atoms with E-state index in [1.54, 1.807) is 19.0 Å². The third-order valence-corrected chi connectivity index (χ3v) is 9.16.